The minimum Gasteiger partial charge on any atom is -0.493 e. The number of benzene rings is 2. The fourth-order valence-corrected chi connectivity index (χ4v) is 4.82. The molecule has 1 aliphatic heterocycles. The topological polar surface area (TPSA) is 65.4 Å². The predicted molar refractivity (Wildman–Crippen MR) is 116 cm³/mol. The first-order valence-corrected chi connectivity index (χ1v) is 10.4. The van der Waals surface area contributed by atoms with E-state index in [2.05, 4.69) is 5.32 Å². The number of carbonyl (C=O) groups excluding carboxylic acids is 1. The summed E-state index contributed by atoms with van der Waals surface area (Å²) < 4.78 is 13.0. The molecule has 1 N–H and O–H groups in total. The lowest BCUT2D eigenvalue weighted by atomic mass is 10.0. The number of aromatic nitrogens is 2. The first-order chi connectivity index (χ1) is 14.0. The number of fused-ring (bicyclic) bond motifs is 1. The van der Waals surface area contributed by atoms with Gasteiger partial charge in [-0.05, 0) is 32.0 Å². The Labute approximate surface area is 174 Å². The molecule has 1 atom stereocenters. The third kappa shape index (κ3) is 3.46. The van der Waals surface area contributed by atoms with Crippen LogP contribution in [-0.2, 0) is 4.79 Å². The Morgan fingerprint density at radius 2 is 1.86 bits per heavy atom. The van der Waals surface area contributed by atoms with Crippen molar-refractivity contribution in [2.45, 2.75) is 19.1 Å². The Morgan fingerprint density at radius 1 is 1.10 bits per heavy atom. The molecular weight excluding hydrogens is 386 g/mol. The maximum absolute atomic E-state index is 12.5. The van der Waals surface area contributed by atoms with Gasteiger partial charge in [-0.2, -0.15) is 5.10 Å². The number of hydrogen-bond donors (Lipinski definition) is 1. The molecule has 1 amide bonds. The van der Waals surface area contributed by atoms with Crippen molar-refractivity contribution in [3.05, 3.63) is 64.8 Å². The highest BCUT2D eigenvalue weighted by Gasteiger charge is 2.32. The monoisotopic (exact) mass is 409 g/mol. The molecule has 0 aliphatic carbocycles. The maximum atomic E-state index is 12.5. The highest BCUT2D eigenvalue weighted by molar-refractivity contribution is 8.00. The fourth-order valence-electron chi connectivity index (χ4n) is 3.62. The van der Waals surface area contributed by atoms with Crippen LogP contribution in [0.5, 0.6) is 11.5 Å². The number of rotatable bonds is 4. The van der Waals surface area contributed by atoms with E-state index in [4.69, 9.17) is 14.6 Å². The van der Waals surface area contributed by atoms with E-state index < -0.39 is 0 Å². The first kappa shape index (κ1) is 19.4. The van der Waals surface area contributed by atoms with Gasteiger partial charge in [-0.25, -0.2) is 4.68 Å². The second-order valence-corrected chi connectivity index (χ2v) is 8.01. The number of nitrogens with zero attached hydrogens (tertiary/aromatic N) is 2. The number of anilines is 1. The van der Waals surface area contributed by atoms with Crippen LogP contribution in [0.4, 0.5) is 5.82 Å². The summed E-state index contributed by atoms with van der Waals surface area (Å²) in [6, 6.07) is 13.9. The second-order valence-electron chi connectivity index (χ2n) is 6.92. The normalized spacial score (nSPS) is 16.0. The highest BCUT2D eigenvalue weighted by Crippen LogP contribution is 2.48. The minimum absolute atomic E-state index is 0.0473. The SMILES string of the molecule is COc1cccc([C@@H]2SCC(=O)Nc3c2c(C)nn3-c2ccc(C)cc2)c1OC. The number of ether oxygens (including phenoxy) is 2. The minimum atomic E-state index is -0.117. The van der Waals surface area contributed by atoms with Crippen molar-refractivity contribution in [3.63, 3.8) is 0 Å². The lowest BCUT2D eigenvalue weighted by Gasteiger charge is -2.20. The van der Waals surface area contributed by atoms with E-state index in [0.717, 1.165) is 22.5 Å². The molecule has 2 heterocycles. The van der Waals surface area contributed by atoms with Crippen molar-refractivity contribution in [1.82, 2.24) is 9.78 Å². The summed E-state index contributed by atoms with van der Waals surface area (Å²) in [6.07, 6.45) is 0. The highest BCUT2D eigenvalue weighted by atomic mass is 32.2. The molecule has 0 fully saturated rings. The predicted octanol–water partition coefficient (Wildman–Crippen LogP) is 4.28. The number of thioether (sulfide) groups is 1. The Morgan fingerprint density at radius 3 is 2.55 bits per heavy atom. The second kappa shape index (κ2) is 7.83. The number of aryl methyl sites for hydroxylation is 2. The van der Waals surface area contributed by atoms with E-state index in [-0.39, 0.29) is 11.2 Å². The average molecular weight is 410 g/mol. The summed E-state index contributed by atoms with van der Waals surface area (Å²) in [5.41, 5.74) is 4.88. The summed E-state index contributed by atoms with van der Waals surface area (Å²) >= 11 is 1.56. The molecule has 0 spiro atoms. The van der Waals surface area contributed by atoms with Gasteiger partial charge in [0.2, 0.25) is 5.91 Å². The van der Waals surface area contributed by atoms with Crippen LogP contribution in [0, 0.1) is 13.8 Å². The van der Waals surface area contributed by atoms with E-state index in [1.807, 2.05) is 61.0 Å². The Balaban J connectivity index is 1.91. The van der Waals surface area contributed by atoms with Crippen LogP contribution < -0.4 is 14.8 Å². The van der Waals surface area contributed by atoms with Crippen molar-refractivity contribution >= 4 is 23.5 Å². The van der Waals surface area contributed by atoms with Crippen LogP contribution in [0.1, 0.15) is 27.6 Å². The quantitative estimate of drug-likeness (QED) is 0.697. The molecule has 6 nitrogen and oxygen atoms in total. The van der Waals surface area contributed by atoms with E-state index >= 15 is 0 Å². The maximum Gasteiger partial charge on any atom is 0.235 e. The Bertz CT molecular complexity index is 1060. The molecule has 0 saturated heterocycles. The molecule has 1 aromatic heterocycles. The number of hydrogen-bond acceptors (Lipinski definition) is 5. The number of nitrogens with one attached hydrogen (secondary N) is 1. The van der Waals surface area contributed by atoms with Crippen LogP contribution in [0.3, 0.4) is 0 Å². The molecule has 0 saturated carbocycles. The van der Waals surface area contributed by atoms with Gasteiger partial charge in [0.1, 0.15) is 5.82 Å². The fraction of sp³-hybridized carbons (Fsp3) is 0.273. The average Bonchev–Trinajstić information content (AvgIpc) is 2.93. The van der Waals surface area contributed by atoms with Crippen molar-refractivity contribution < 1.29 is 14.3 Å². The molecule has 0 bridgehead atoms. The molecule has 3 aromatic rings. The zero-order valence-electron chi connectivity index (χ0n) is 16.9. The van der Waals surface area contributed by atoms with Crippen LogP contribution in [0.15, 0.2) is 42.5 Å². The van der Waals surface area contributed by atoms with Crippen LogP contribution >= 0.6 is 11.8 Å². The van der Waals surface area contributed by atoms with Crippen molar-refractivity contribution in [3.8, 4) is 17.2 Å². The van der Waals surface area contributed by atoms with Gasteiger partial charge in [0.25, 0.3) is 0 Å². The van der Waals surface area contributed by atoms with Gasteiger partial charge in [-0.15, -0.1) is 11.8 Å². The van der Waals surface area contributed by atoms with Crippen LogP contribution in [-0.4, -0.2) is 35.7 Å². The van der Waals surface area contributed by atoms with Gasteiger partial charge in [0.15, 0.2) is 11.5 Å². The molecule has 0 radical (unpaired) electrons. The van der Waals surface area contributed by atoms with E-state index in [1.54, 1.807) is 26.0 Å². The van der Waals surface area contributed by atoms with Gasteiger partial charge < -0.3 is 14.8 Å². The van der Waals surface area contributed by atoms with Gasteiger partial charge in [-0.1, -0.05) is 29.8 Å². The van der Waals surface area contributed by atoms with Crippen molar-refractivity contribution in [1.29, 1.82) is 0 Å². The number of amides is 1. The largest absolute Gasteiger partial charge is 0.493 e. The molecule has 1 aliphatic rings. The van der Waals surface area contributed by atoms with Crippen molar-refractivity contribution in [2.75, 3.05) is 25.3 Å². The zero-order valence-corrected chi connectivity index (χ0v) is 17.7. The molecule has 0 unspecified atom stereocenters. The Kier molecular flexibility index (Phi) is 5.24. The smallest absolute Gasteiger partial charge is 0.235 e. The van der Waals surface area contributed by atoms with E-state index in [9.17, 15) is 4.79 Å². The number of methoxy groups -OCH3 is 2. The standard InChI is InChI=1S/C22H23N3O3S/c1-13-8-10-15(11-9-13)25-22-19(14(2)24-25)21(29-12-18(26)23-22)16-6-5-7-17(27-3)20(16)28-4/h5-11,21H,12H2,1-4H3,(H,23,26)/t21-/m0/s1. The van der Waals surface area contributed by atoms with E-state index in [0.29, 0.717) is 23.1 Å². The summed E-state index contributed by atoms with van der Waals surface area (Å²) in [5, 5.41) is 7.70. The molecule has 4 rings (SSSR count). The van der Waals surface area contributed by atoms with Gasteiger partial charge in [0.05, 0.1) is 36.6 Å². The van der Waals surface area contributed by atoms with Crippen molar-refractivity contribution in [2.24, 2.45) is 0 Å². The summed E-state index contributed by atoms with van der Waals surface area (Å²) in [5.74, 6) is 2.34. The van der Waals surface area contributed by atoms with E-state index in [1.165, 1.54) is 5.56 Å². The lowest BCUT2D eigenvalue weighted by Crippen LogP contribution is -2.15. The Hall–Kier alpha value is -2.93. The first-order valence-electron chi connectivity index (χ1n) is 9.32. The molecular formula is C22H23N3O3S. The zero-order chi connectivity index (χ0) is 20.5. The molecule has 150 valence electrons. The third-order valence-corrected chi connectivity index (χ3v) is 6.25. The summed E-state index contributed by atoms with van der Waals surface area (Å²) in [7, 11) is 3.26. The van der Waals surface area contributed by atoms with Gasteiger partial charge >= 0.3 is 0 Å². The van der Waals surface area contributed by atoms with Crippen LogP contribution in [0.2, 0.25) is 0 Å². The lowest BCUT2D eigenvalue weighted by molar-refractivity contribution is -0.113. The third-order valence-electron chi connectivity index (χ3n) is 5.00. The summed E-state index contributed by atoms with van der Waals surface area (Å²) in [6.45, 7) is 4.02. The number of carbonyl (C=O) groups is 1. The molecule has 7 heteroatoms. The number of para-hydroxylation sites is 1. The van der Waals surface area contributed by atoms with Gasteiger partial charge in [0, 0.05) is 11.1 Å². The molecule has 2 aromatic carbocycles. The molecule has 29 heavy (non-hydrogen) atoms. The van der Waals surface area contributed by atoms with Gasteiger partial charge in [-0.3, -0.25) is 4.79 Å². The van der Waals surface area contributed by atoms with Crippen LogP contribution in [0.25, 0.3) is 5.69 Å². The summed E-state index contributed by atoms with van der Waals surface area (Å²) in [4.78, 5) is 12.5.